The number of rotatable bonds is 9. The second-order valence-corrected chi connectivity index (χ2v) is 13.6. The van der Waals surface area contributed by atoms with Crippen LogP contribution in [0.2, 0.25) is 0 Å². The summed E-state index contributed by atoms with van der Waals surface area (Å²) in [5.74, 6) is -1.70. The molecule has 8 bridgehead atoms. The summed E-state index contributed by atoms with van der Waals surface area (Å²) in [7, 11) is 1.35. The number of ether oxygens (including phenoxy) is 2. The largest absolute Gasteiger partial charge is 0.468 e. The molecule has 1 aliphatic carbocycles. The summed E-state index contributed by atoms with van der Waals surface area (Å²) in [4.78, 5) is 38.6. The molecule has 0 aromatic carbocycles. The van der Waals surface area contributed by atoms with Gasteiger partial charge in [-0.15, -0.1) is 0 Å². The van der Waals surface area contributed by atoms with Crippen LogP contribution in [-0.4, -0.2) is 47.0 Å². The third-order valence-electron chi connectivity index (χ3n) is 10.5. The molecule has 0 spiro atoms. The van der Waals surface area contributed by atoms with Crippen molar-refractivity contribution in [1.29, 1.82) is 0 Å². The number of H-pyrrole nitrogens is 3. The summed E-state index contributed by atoms with van der Waals surface area (Å²) in [6.45, 7) is 20.1. The van der Waals surface area contributed by atoms with Crippen LogP contribution < -0.4 is 16.0 Å². The fourth-order valence-corrected chi connectivity index (χ4v) is 7.71. The molecule has 3 aliphatic rings. The summed E-state index contributed by atoms with van der Waals surface area (Å²) in [6, 6.07) is 0. The lowest BCUT2D eigenvalue weighted by Gasteiger charge is -2.20. The lowest BCUT2D eigenvalue weighted by Crippen LogP contribution is -2.25. The molecular formula is C40H48N4O4. The van der Waals surface area contributed by atoms with Crippen LogP contribution >= 0.6 is 0 Å². The number of carbonyl (C=O) groups excluding carboxylic acids is 2. The number of hydrogen-bond acceptors (Lipinski definition) is 5. The zero-order valence-corrected chi connectivity index (χ0v) is 29.5. The molecule has 0 radical (unpaired) electrons. The number of hydrogen-bond donors (Lipinski definition) is 4. The van der Waals surface area contributed by atoms with Gasteiger partial charge in [-0.25, -0.2) is 0 Å². The van der Waals surface area contributed by atoms with Crippen LogP contribution in [0.25, 0.3) is 29.9 Å². The number of nitrogens with one attached hydrogen (secondary N) is 4. The standard InChI is InChI=1S/C40H48N4O4/c1-10-25-21(5)28-17-30-23(7)27(13-12-15-48-16-14-20(3)4)37(43-30)35-36(40(46)47-9)39(45)34-24(8)31(44-38(34)35)19-33-26(11-2)22(6)29(42-33)18-32(25)41-28/h10,14,17-19,23,27,36,41-44H,1,11-13,15-16H2,2-9H3/b29-18-,30-17-,33-19-,37-35-/t23-,27-,36+/m0/s1. The number of aromatic nitrogens is 3. The van der Waals surface area contributed by atoms with Crippen LogP contribution in [0.3, 0.4) is 0 Å². The maximum Gasteiger partial charge on any atom is 0.321 e. The van der Waals surface area contributed by atoms with E-state index in [0.29, 0.717) is 30.0 Å². The highest BCUT2D eigenvalue weighted by molar-refractivity contribution is 6.24. The maximum absolute atomic E-state index is 14.2. The van der Waals surface area contributed by atoms with Gasteiger partial charge in [0.2, 0.25) is 0 Å². The quantitative estimate of drug-likeness (QED) is 0.0966. The monoisotopic (exact) mass is 648 g/mol. The van der Waals surface area contributed by atoms with Crippen molar-refractivity contribution in [3.63, 3.8) is 0 Å². The van der Waals surface area contributed by atoms with Gasteiger partial charge in [0.1, 0.15) is 5.92 Å². The van der Waals surface area contributed by atoms with Crippen molar-refractivity contribution in [1.82, 2.24) is 20.3 Å². The fraction of sp³-hybridized carbons (Fsp3) is 0.400. The van der Waals surface area contributed by atoms with Crippen LogP contribution in [0.5, 0.6) is 0 Å². The number of esters is 1. The third-order valence-corrected chi connectivity index (χ3v) is 10.5. The molecule has 2 aliphatic heterocycles. The first kappa shape index (κ1) is 33.3. The molecule has 3 aromatic rings. The van der Waals surface area contributed by atoms with E-state index >= 15 is 0 Å². The highest BCUT2D eigenvalue weighted by Gasteiger charge is 2.48. The number of carbonyl (C=O) groups is 2. The minimum Gasteiger partial charge on any atom is -0.468 e. The lowest BCUT2D eigenvalue weighted by molar-refractivity contribution is -0.141. The third kappa shape index (κ3) is 5.56. The van der Waals surface area contributed by atoms with Crippen molar-refractivity contribution >= 4 is 41.6 Å². The maximum atomic E-state index is 14.2. The number of aromatic amines is 3. The number of ketones is 1. The van der Waals surface area contributed by atoms with Crippen molar-refractivity contribution in [2.75, 3.05) is 20.3 Å². The molecule has 5 heterocycles. The molecule has 0 amide bonds. The molecular weight excluding hydrogens is 600 g/mol. The van der Waals surface area contributed by atoms with Gasteiger partial charge in [-0.1, -0.05) is 38.2 Å². The predicted molar refractivity (Wildman–Crippen MR) is 192 cm³/mol. The van der Waals surface area contributed by atoms with Crippen molar-refractivity contribution in [3.8, 4) is 0 Å². The second-order valence-electron chi connectivity index (χ2n) is 13.6. The highest BCUT2D eigenvalue weighted by Crippen LogP contribution is 2.48. The molecule has 48 heavy (non-hydrogen) atoms. The van der Waals surface area contributed by atoms with Crippen molar-refractivity contribution < 1.29 is 19.1 Å². The van der Waals surface area contributed by atoms with Crippen LogP contribution in [0.1, 0.15) is 101 Å². The van der Waals surface area contributed by atoms with Gasteiger partial charge < -0.3 is 29.7 Å². The van der Waals surface area contributed by atoms with Gasteiger partial charge in [-0.05, 0) is 94.4 Å². The molecule has 1 saturated heterocycles. The van der Waals surface area contributed by atoms with Crippen LogP contribution in [0.15, 0.2) is 29.6 Å². The molecule has 4 N–H and O–H groups in total. The summed E-state index contributed by atoms with van der Waals surface area (Å²) in [6.07, 6.45) is 12.9. The molecule has 252 valence electrons. The molecule has 6 rings (SSSR count). The SMILES string of the molecule is C=Cc1c2[nH]c(c1C)/C=C1\N/C(=C3\c4[nH]c(c(C)c4C(=O)[C@@H]3C(=O)OC)/C=c3\[nH]/c(c(C)c3CC)=C\2)[C@@H](CCCOCC=C(C)C)[C@@H]1C. The Morgan fingerprint density at radius 3 is 2.40 bits per heavy atom. The van der Waals surface area contributed by atoms with Crippen molar-refractivity contribution in [3.05, 3.63) is 96.5 Å². The number of fused-ring (bicyclic) bond motifs is 7. The van der Waals surface area contributed by atoms with Gasteiger partial charge in [-0.3, -0.25) is 9.59 Å². The van der Waals surface area contributed by atoms with E-state index in [4.69, 9.17) is 9.47 Å². The van der Waals surface area contributed by atoms with E-state index in [1.54, 1.807) is 0 Å². The summed E-state index contributed by atoms with van der Waals surface area (Å²) < 4.78 is 11.2. The van der Waals surface area contributed by atoms with E-state index < -0.39 is 11.9 Å². The van der Waals surface area contributed by atoms with E-state index in [2.05, 4.69) is 92.7 Å². The van der Waals surface area contributed by atoms with Gasteiger partial charge in [0.25, 0.3) is 0 Å². The van der Waals surface area contributed by atoms with E-state index in [-0.39, 0.29) is 17.6 Å². The van der Waals surface area contributed by atoms with Crippen LogP contribution in [0, 0.1) is 38.5 Å². The van der Waals surface area contributed by atoms with Gasteiger partial charge in [0.15, 0.2) is 5.78 Å². The van der Waals surface area contributed by atoms with E-state index in [1.807, 2.05) is 13.0 Å². The Morgan fingerprint density at radius 2 is 1.71 bits per heavy atom. The number of methoxy groups -OCH3 is 1. The zero-order chi connectivity index (χ0) is 34.4. The van der Waals surface area contributed by atoms with Crippen LogP contribution in [-0.2, 0) is 20.7 Å². The van der Waals surface area contributed by atoms with Crippen molar-refractivity contribution in [2.24, 2.45) is 17.8 Å². The van der Waals surface area contributed by atoms with Crippen molar-refractivity contribution in [2.45, 2.75) is 67.7 Å². The molecule has 0 unspecified atom stereocenters. The Kier molecular flexibility index (Phi) is 9.14. The lowest BCUT2D eigenvalue weighted by atomic mass is 9.85. The smallest absolute Gasteiger partial charge is 0.321 e. The summed E-state index contributed by atoms with van der Waals surface area (Å²) in [5.41, 5.74) is 13.3. The normalized spacial score (nSPS) is 23.5. The zero-order valence-electron chi connectivity index (χ0n) is 29.5. The van der Waals surface area contributed by atoms with E-state index in [0.717, 1.165) is 75.1 Å². The molecule has 3 aromatic heterocycles. The topological polar surface area (TPSA) is 112 Å². The Bertz CT molecular complexity index is 2040. The van der Waals surface area contributed by atoms with Gasteiger partial charge in [0, 0.05) is 74.3 Å². The van der Waals surface area contributed by atoms with Crippen LogP contribution in [0.4, 0.5) is 0 Å². The van der Waals surface area contributed by atoms with Gasteiger partial charge >= 0.3 is 5.97 Å². The molecule has 8 heteroatoms. The second kappa shape index (κ2) is 13.2. The van der Waals surface area contributed by atoms with E-state index in [1.165, 1.54) is 23.8 Å². The molecule has 0 saturated carbocycles. The summed E-state index contributed by atoms with van der Waals surface area (Å²) >= 11 is 0. The van der Waals surface area contributed by atoms with Gasteiger partial charge in [-0.2, -0.15) is 0 Å². The minimum absolute atomic E-state index is 0.0241. The Balaban J connectivity index is 1.61. The average Bonchev–Trinajstić information content (AvgIpc) is 3.79. The first-order valence-electron chi connectivity index (χ1n) is 17.0. The molecule has 8 nitrogen and oxygen atoms in total. The predicted octanol–water partition coefficient (Wildman–Crippen LogP) is 6.13. The Morgan fingerprint density at radius 1 is 0.979 bits per heavy atom. The van der Waals surface area contributed by atoms with Gasteiger partial charge in [0.05, 0.1) is 19.4 Å². The molecule has 3 atom stereocenters. The first-order valence-corrected chi connectivity index (χ1v) is 17.0. The highest BCUT2D eigenvalue weighted by atomic mass is 16.5. The Labute approximate surface area is 282 Å². The fourth-order valence-electron chi connectivity index (χ4n) is 7.71. The first-order chi connectivity index (χ1) is 23.0. The number of Topliss-reactive ketones (excluding diaryl/α,β-unsaturated/α-hetero) is 1. The summed E-state index contributed by atoms with van der Waals surface area (Å²) in [5, 5.41) is 5.77. The molecule has 1 fully saturated rings. The Hall–Kier alpha value is -4.56. The minimum atomic E-state index is -1.04. The number of allylic oxidation sites excluding steroid dienone is 3. The average molecular weight is 649 g/mol. The van der Waals surface area contributed by atoms with E-state index in [9.17, 15) is 9.59 Å².